The van der Waals surface area contributed by atoms with Crippen LogP contribution in [0, 0.1) is 0 Å². The van der Waals surface area contributed by atoms with E-state index in [4.69, 9.17) is 0 Å². The molecule has 4 heteroatoms. The van der Waals surface area contributed by atoms with E-state index in [1.165, 1.54) is 6.07 Å². The van der Waals surface area contributed by atoms with E-state index in [1.54, 1.807) is 6.07 Å². The third-order valence-electron chi connectivity index (χ3n) is 2.21. The fourth-order valence-corrected chi connectivity index (χ4v) is 1.53. The summed E-state index contributed by atoms with van der Waals surface area (Å²) in [7, 11) is 0. The molecule has 2 rings (SSSR count). The second-order valence-corrected chi connectivity index (χ2v) is 3.18. The Hall–Kier alpha value is -1.58. The maximum atomic E-state index is 11.0. The van der Waals surface area contributed by atoms with E-state index in [0.29, 0.717) is 13.0 Å². The monoisotopic (exact) mass is 178 g/mol. The quantitative estimate of drug-likeness (QED) is 0.634. The Bertz CT molecular complexity index is 383. The first-order valence-electron chi connectivity index (χ1n) is 4.21. The molecule has 1 aromatic heterocycles. The van der Waals surface area contributed by atoms with Crippen molar-refractivity contribution in [2.24, 2.45) is 0 Å². The van der Waals surface area contributed by atoms with Crippen LogP contribution in [0.5, 0.6) is 0 Å². The van der Waals surface area contributed by atoms with Gasteiger partial charge in [-0.3, -0.25) is 9.59 Å². The lowest BCUT2D eigenvalue weighted by molar-refractivity contribution is -0.119. The third kappa shape index (κ3) is 1.61. The number of aromatic nitrogens is 1. The molecule has 1 atom stereocenters. The second-order valence-electron chi connectivity index (χ2n) is 3.18. The summed E-state index contributed by atoms with van der Waals surface area (Å²) in [6.45, 7) is 0.624. The van der Waals surface area contributed by atoms with Crippen LogP contribution in [0.25, 0.3) is 0 Å². The van der Waals surface area contributed by atoms with Gasteiger partial charge in [0.25, 0.3) is 0 Å². The van der Waals surface area contributed by atoms with Gasteiger partial charge in [0.2, 0.25) is 11.5 Å². The van der Waals surface area contributed by atoms with E-state index in [2.05, 4.69) is 10.3 Å². The van der Waals surface area contributed by atoms with Crippen molar-refractivity contribution in [2.75, 3.05) is 6.54 Å². The average Bonchev–Trinajstić information content (AvgIpc) is 2.52. The summed E-state index contributed by atoms with van der Waals surface area (Å²) in [6, 6.07) is 5.01. The van der Waals surface area contributed by atoms with Crippen LogP contribution in [-0.2, 0) is 4.79 Å². The van der Waals surface area contributed by atoms with Crippen molar-refractivity contribution >= 4 is 5.91 Å². The van der Waals surface area contributed by atoms with Gasteiger partial charge in [0, 0.05) is 30.6 Å². The molecule has 0 spiro atoms. The molecule has 2 N–H and O–H groups in total. The summed E-state index contributed by atoms with van der Waals surface area (Å²) in [5, 5.41) is 2.73. The number of hydrogen-bond acceptors (Lipinski definition) is 2. The number of carbonyl (C=O) groups is 1. The molecular formula is C9H10N2O2. The molecule has 0 radical (unpaired) electrons. The zero-order valence-corrected chi connectivity index (χ0v) is 7.04. The van der Waals surface area contributed by atoms with Crippen LogP contribution in [0.4, 0.5) is 0 Å². The smallest absolute Gasteiger partial charge is 0.248 e. The first kappa shape index (κ1) is 8.04. The van der Waals surface area contributed by atoms with Gasteiger partial charge in [-0.1, -0.05) is 6.07 Å². The minimum absolute atomic E-state index is 0.0507. The molecule has 0 bridgehead atoms. The van der Waals surface area contributed by atoms with Crippen LogP contribution >= 0.6 is 0 Å². The zero-order chi connectivity index (χ0) is 9.26. The molecule has 0 saturated carbocycles. The van der Waals surface area contributed by atoms with Crippen molar-refractivity contribution in [1.82, 2.24) is 10.3 Å². The summed E-state index contributed by atoms with van der Waals surface area (Å²) in [4.78, 5) is 24.6. The van der Waals surface area contributed by atoms with Crippen LogP contribution in [0.15, 0.2) is 23.0 Å². The van der Waals surface area contributed by atoms with Gasteiger partial charge in [-0.05, 0) is 6.07 Å². The maximum Gasteiger partial charge on any atom is 0.248 e. The standard InChI is InChI=1S/C9H10N2O2/c12-8-3-1-2-7(11-8)6-4-9(13)10-5-6/h1-3,6H,4-5H2,(H,10,13)(H,11,12). The molecule has 1 fully saturated rings. The number of rotatable bonds is 1. The molecule has 4 nitrogen and oxygen atoms in total. The molecule has 2 heterocycles. The molecule has 1 aliphatic rings. The topological polar surface area (TPSA) is 62.0 Å². The Morgan fingerprint density at radius 2 is 2.15 bits per heavy atom. The minimum Gasteiger partial charge on any atom is -0.355 e. The van der Waals surface area contributed by atoms with Gasteiger partial charge in [0.15, 0.2) is 0 Å². The summed E-state index contributed by atoms with van der Waals surface area (Å²) in [6.07, 6.45) is 0.472. The lowest BCUT2D eigenvalue weighted by atomic mass is 10.0. The number of pyridine rings is 1. The Morgan fingerprint density at radius 1 is 1.31 bits per heavy atom. The molecule has 1 unspecified atom stereocenters. The lowest BCUT2D eigenvalue weighted by Crippen LogP contribution is -2.14. The first-order valence-corrected chi connectivity index (χ1v) is 4.21. The predicted molar refractivity (Wildman–Crippen MR) is 47.4 cm³/mol. The molecule has 0 aliphatic carbocycles. The predicted octanol–water partition coefficient (Wildman–Crippen LogP) is -0.0216. The second kappa shape index (κ2) is 3.05. The van der Waals surface area contributed by atoms with Crippen molar-refractivity contribution in [1.29, 1.82) is 0 Å². The summed E-state index contributed by atoms with van der Waals surface area (Å²) >= 11 is 0. The fraction of sp³-hybridized carbons (Fsp3) is 0.333. The normalized spacial score (nSPS) is 21.5. The number of hydrogen-bond donors (Lipinski definition) is 2. The highest BCUT2D eigenvalue weighted by molar-refractivity contribution is 5.79. The Kier molecular flexibility index (Phi) is 1.88. The van der Waals surface area contributed by atoms with Crippen molar-refractivity contribution in [2.45, 2.75) is 12.3 Å². The van der Waals surface area contributed by atoms with Gasteiger partial charge in [-0.2, -0.15) is 0 Å². The van der Waals surface area contributed by atoms with Crippen molar-refractivity contribution in [3.63, 3.8) is 0 Å². The molecule has 1 aromatic rings. The summed E-state index contributed by atoms with van der Waals surface area (Å²) < 4.78 is 0. The zero-order valence-electron chi connectivity index (χ0n) is 7.04. The third-order valence-corrected chi connectivity index (χ3v) is 2.21. The Balaban J connectivity index is 2.26. The highest BCUT2D eigenvalue weighted by atomic mass is 16.2. The van der Waals surface area contributed by atoms with Crippen LogP contribution in [0.2, 0.25) is 0 Å². The Labute approximate surface area is 75.0 Å². The molecule has 68 valence electrons. The number of H-pyrrole nitrogens is 1. The Morgan fingerprint density at radius 3 is 2.77 bits per heavy atom. The highest BCUT2D eigenvalue weighted by Crippen LogP contribution is 2.19. The molecule has 0 aromatic carbocycles. The van der Waals surface area contributed by atoms with E-state index in [0.717, 1.165) is 5.69 Å². The lowest BCUT2D eigenvalue weighted by Gasteiger charge is -2.05. The highest BCUT2D eigenvalue weighted by Gasteiger charge is 2.23. The number of aromatic amines is 1. The van der Waals surface area contributed by atoms with E-state index in [-0.39, 0.29) is 17.4 Å². The van der Waals surface area contributed by atoms with Crippen LogP contribution in [0.1, 0.15) is 18.0 Å². The van der Waals surface area contributed by atoms with Gasteiger partial charge in [-0.25, -0.2) is 0 Å². The van der Waals surface area contributed by atoms with E-state index in [1.807, 2.05) is 6.07 Å². The first-order chi connectivity index (χ1) is 6.25. The summed E-state index contributed by atoms with van der Waals surface area (Å²) in [5.74, 6) is 0.177. The minimum atomic E-state index is -0.114. The average molecular weight is 178 g/mol. The van der Waals surface area contributed by atoms with Crippen LogP contribution < -0.4 is 10.9 Å². The molecule has 13 heavy (non-hydrogen) atoms. The number of amides is 1. The SMILES string of the molecule is O=C1CC(c2cccc(=O)[nH]2)CN1. The van der Waals surface area contributed by atoms with Crippen molar-refractivity contribution in [3.05, 3.63) is 34.2 Å². The summed E-state index contributed by atoms with van der Waals surface area (Å²) in [5.41, 5.74) is 0.725. The molecule has 1 saturated heterocycles. The molecule has 1 amide bonds. The van der Waals surface area contributed by atoms with Crippen molar-refractivity contribution < 1.29 is 4.79 Å². The van der Waals surface area contributed by atoms with E-state index in [9.17, 15) is 9.59 Å². The molecule has 1 aliphatic heterocycles. The van der Waals surface area contributed by atoms with Gasteiger partial charge in [-0.15, -0.1) is 0 Å². The number of nitrogens with one attached hydrogen (secondary N) is 2. The largest absolute Gasteiger partial charge is 0.355 e. The fourth-order valence-electron chi connectivity index (χ4n) is 1.53. The van der Waals surface area contributed by atoms with Crippen LogP contribution in [-0.4, -0.2) is 17.4 Å². The van der Waals surface area contributed by atoms with Gasteiger partial charge in [0.1, 0.15) is 0 Å². The van der Waals surface area contributed by atoms with Crippen LogP contribution in [0.3, 0.4) is 0 Å². The van der Waals surface area contributed by atoms with Gasteiger partial charge >= 0.3 is 0 Å². The van der Waals surface area contributed by atoms with Gasteiger partial charge in [0.05, 0.1) is 0 Å². The molecular weight excluding hydrogens is 168 g/mol. The number of carbonyl (C=O) groups excluding carboxylic acids is 1. The van der Waals surface area contributed by atoms with Gasteiger partial charge < -0.3 is 10.3 Å². The van der Waals surface area contributed by atoms with E-state index < -0.39 is 0 Å². The van der Waals surface area contributed by atoms with E-state index >= 15 is 0 Å². The maximum absolute atomic E-state index is 11.0. The van der Waals surface area contributed by atoms with Crippen molar-refractivity contribution in [3.8, 4) is 0 Å².